The first-order valence-corrected chi connectivity index (χ1v) is 9.31. The second kappa shape index (κ2) is 9.97. The zero-order chi connectivity index (χ0) is 18.9. The maximum atomic E-state index is 12.4. The van der Waals surface area contributed by atoms with Gasteiger partial charge in [0.15, 0.2) is 0 Å². The summed E-state index contributed by atoms with van der Waals surface area (Å²) in [6.45, 7) is 4.69. The van der Waals surface area contributed by atoms with E-state index in [9.17, 15) is 4.79 Å². The Balaban J connectivity index is 1.87. The van der Waals surface area contributed by atoms with Crippen molar-refractivity contribution < 1.29 is 4.79 Å². The minimum atomic E-state index is -0.0369. The number of carbonyl (C=O) groups is 1. The molecule has 0 spiro atoms. The summed E-state index contributed by atoms with van der Waals surface area (Å²) in [5.74, 6) is -0.0369. The van der Waals surface area contributed by atoms with Crippen molar-refractivity contribution in [1.82, 2.24) is 10.2 Å². The number of hydrogen-bond donors (Lipinski definition) is 1. The standard InChI is InChI=1S/C22H31N3O/c1-5-6-15-25(4)21-13-11-20(12-14-21)22(26)23-16-18-7-9-19(10-8-18)17-24(2)3/h7-14H,5-6,15-17H2,1-4H3,(H,23,26). The van der Waals surface area contributed by atoms with Crippen molar-refractivity contribution in [3.63, 3.8) is 0 Å². The predicted molar refractivity (Wildman–Crippen MR) is 110 cm³/mol. The quantitative estimate of drug-likeness (QED) is 0.742. The van der Waals surface area contributed by atoms with Gasteiger partial charge >= 0.3 is 0 Å². The molecule has 1 N–H and O–H groups in total. The van der Waals surface area contributed by atoms with Gasteiger partial charge in [0.25, 0.3) is 5.91 Å². The molecule has 1 amide bonds. The maximum Gasteiger partial charge on any atom is 0.251 e. The Hall–Kier alpha value is -2.33. The molecule has 4 heteroatoms. The fraction of sp³-hybridized carbons (Fsp3) is 0.409. The fourth-order valence-electron chi connectivity index (χ4n) is 2.80. The van der Waals surface area contributed by atoms with Crippen LogP contribution in [0.2, 0.25) is 0 Å². The van der Waals surface area contributed by atoms with Gasteiger partial charge in [-0.15, -0.1) is 0 Å². The lowest BCUT2D eigenvalue weighted by molar-refractivity contribution is 0.0951. The molecule has 2 aromatic rings. The van der Waals surface area contributed by atoms with Crippen molar-refractivity contribution in [1.29, 1.82) is 0 Å². The van der Waals surface area contributed by atoms with Crippen LogP contribution in [0, 0.1) is 0 Å². The third-order valence-corrected chi connectivity index (χ3v) is 4.39. The Bertz CT molecular complexity index is 678. The van der Waals surface area contributed by atoms with E-state index >= 15 is 0 Å². The van der Waals surface area contributed by atoms with Crippen LogP contribution in [0.1, 0.15) is 41.3 Å². The molecule has 26 heavy (non-hydrogen) atoms. The number of anilines is 1. The SMILES string of the molecule is CCCCN(C)c1ccc(C(=O)NCc2ccc(CN(C)C)cc2)cc1. The number of carbonyl (C=O) groups excluding carboxylic acids is 1. The average molecular weight is 354 g/mol. The number of nitrogens with zero attached hydrogens (tertiary/aromatic N) is 2. The van der Waals surface area contributed by atoms with Gasteiger partial charge in [-0.25, -0.2) is 0 Å². The van der Waals surface area contributed by atoms with E-state index in [1.165, 1.54) is 18.4 Å². The van der Waals surface area contributed by atoms with Gasteiger partial charge in [0.1, 0.15) is 0 Å². The summed E-state index contributed by atoms with van der Waals surface area (Å²) < 4.78 is 0. The molecule has 0 saturated carbocycles. The van der Waals surface area contributed by atoms with Gasteiger partial charge in [-0.1, -0.05) is 37.6 Å². The summed E-state index contributed by atoms with van der Waals surface area (Å²) in [4.78, 5) is 16.7. The number of hydrogen-bond acceptors (Lipinski definition) is 3. The molecule has 0 aliphatic heterocycles. The lowest BCUT2D eigenvalue weighted by Crippen LogP contribution is -2.23. The first-order chi connectivity index (χ1) is 12.5. The van der Waals surface area contributed by atoms with Gasteiger partial charge in [0.2, 0.25) is 0 Å². The Morgan fingerprint density at radius 1 is 0.923 bits per heavy atom. The van der Waals surface area contributed by atoms with Crippen molar-refractivity contribution in [2.24, 2.45) is 0 Å². The highest BCUT2D eigenvalue weighted by Gasteiger charge is 2.07. The van der Waals surface area contributed by atoms with Gasteiger partial charge in [-0.2, -0.15) is 0 Å². The molecule has 2 rings (SSSR count). The number of unbranched alkanes of at least 4 members (excludes halogenated alkanes) is 1. The summed E-state index contributed by atoms with van der Waals surface area (Å²) >= 11 is 0. The molecule has 0 fully saturated rings. The van der Waals surface area contributed by atoms with E-state index < -0.39 is 0 Å². The van der Waals surface area contributed by atoms with Crippen LogP contribution in [0.5, 0.6) is 0 Å². The highest BCUT2D eigenvalue weighted by molar-refractivity contribution is 5.94. The van der Waals surface area contributed by atoms with E-state index in [1.807, 2.05) is 24.3 Å². The molecule has 0 saturated heterocycles. The highest BCUT2D eigenvalue weighted by atomic mass is 16.1. The number of nitrogens with one attached hydrogen (secondary N) is 1. The van der Waals surface area contributed by atoms with Crippen LogP contribution < -0.4 is 10.2 Å². The van der Waals surface area contributed by atoms with E-state index in [4.69, 9.17) is 0 Å². The Morgan fingerprint density at radius 2 is 1.54 bits per heavy atom. The Labute approximate surface area is 157 Å². The van der Waals surface area contributed by atoms with Gasteiger partial charge in [0.05, 0.1) is 0 Å². The van der Waals surface area contributed by atoms with E-state index in [0.717, 1.165) is 24.3 Å². The van der Waals surface area contributed by atoms with Gasteiger partial charge in [-0.05, 0) is 55.9 Å². The molecule has 0 atom stereocenters. The Morgan fingerprint density at radius 3 is 2.12 bits per heavy atom. The van der Waals surface area contributed by atoms with Crippen molar-refractivity contribution in [2.75, 3.05) is 32.6 Å². The van der Waals surface area contributed by atoms with E-state index in [1.54, 1.807) is 0 Å². The van der Waals surface area contributed by atoms with Crippen LogP contribution in [0.3, 0.4) is 0 Å². The molecule has 0 aliphatic rings. The zero-order valence-electron chi connectivity index (χ0n) is 16.5. The van der Waals surface area contributed by atoms with Crippen molar-refractivity contribution in [3.8, 4) is 0 Å². The van der Waals surface area contributed by atoms with E-state index in [0.29, 0.717) is 12.1 Å². The lowest BCUT2D eigenvalue weighted by atomic mass is 10.1. The first kappa shape index (κ1) is 20.0. The smallest absolute Gasteiger partial charge is 0.251 e. The summed E-state index contributed by atoms with van der Waals surface area (Å²) in [5, 5.41) is 3.00. The minimum absolute atomic E-state index is 0.0369. The van der Waals surface area contributed by atoms with Crippen molar-refractivity contribution >= 4 is 11.6 Å². The summed E-state index contributed by atoms with van der Waals surface area (Å²) in [6.07, 6.45) is 2.35. The van der Waals surface area contributed by atoms with Crippen molar-refractivity contribution in [3.05, 3.63) is 65.2 Å². The summed E-state index contributed by atoms with van der Waals surface area (Å²) in [6, 6.07) is 16.2. The second-order valence-electron chi connectivity index (χ2n) is 7.06. The zero-order valence-corrected chi connectivity index (χ0v) is 16.5. The van der Waals surface area contributed by atoms with Crippen LogP contribution in [0.25, 0.3) is 0 Å². The van der Waals surface area contributed by atoms with Gasteiger partial charge < -0.3 is 15.1 Å². The fourth-order valence-corrected chi connectivity index (χ4v) is 2.80. The van der Waals surface area contributed by atoms with Crippen LogP contribution >= 0.6 is 0 Å². The van der Waals surface area contributed by atoms with Crippen LogP contribution in [-0.2, 0) is 13.1 Å². The van der Waals surface area contributed by atoms with Crippen LogP contribution in [-0.4, -0.2) is 38.5 Å². The Kier molecular flexibility index (Phi) is 7.67. The second-order valence-corrected chi connectivity index (χ2v) is 7.06. The molecule has 140 valence electrons. The molecule has 0 heterocycles. The molecular formula is C22H31N3O. The molecule has 0 aromatic heterocycles. The van der Waals surface area contributed by atoms with Crippen LogP contribution in [0.4, 0.5) is 5.69 Å². The van der Waals surface area contributed by atoms with E-state index in [-0.39, 0.29) is 5.91 Å². The average Bonchev–Trinajstić information content (AvgIpc) is 2.65. The molecular weight excluding hydrogens is 322 g/mol. The van der Waals surface area contributed by atoms with E-state index in [2.05, 4.69) is 67.4 Å². The normalized spacial score (nSPS) is 10.8. The van der Waals surface area contributed by atoms with Gasteiger partial charge in [0, 0.05) is 37.9 Å². The summed E-state index contributed by atoms with van der Waals surface area (Å²) in [7, 11) is 6.20. The number of benzene rings is 2. The predicted octanol–water partition coefficient (Wildman–Crippen LogP) is 3.91. The molecule has 4 nitrogen and oxygen atoms in total. The number of rotatable bonds is 9. The molecule has 0 radical (unpaired) electrons. The minimum Gasteiger partial charge on any atom is -0.375 e. The lowest BCUT2D eigenvalue weighted by Gasteiger charge is -2.19. The third-order valence-electron chi connectivity index (χ3n) is 4.39. The van der Waals surface area contributed by atoms with Gasteiger partial charge in [-0.3, -0.25) is 4.79 Å². The first-order valence-electron chi connectivity index (χ1n) is 9.31. The molecule has 0 aliphatic carbocycles. The maximum absolute atomic E-state index is 12.4. The number of amides is 1. The molecule has 0 unspecified atom stereocenters. The summed E-state index contributed by atoms with van der Waals surface area (Å²) in [5.41, 5.74) is 4.22. The van der Waals surface area contributed by atoms with Crippen LogP contribution in [0.15, 0.2) is 48.5 Å². The van der Waals surface area contributed by atoms with Crippen molar-refractivity contribution in [2.45, 2.75) is 32.9 Å². The topological polar surface area (TPSA) is 35.6 Å². The largest absolute Gasteiger partial charge is 0.375 e. The molecule has 0 bridgehead atoms. The highest BCUT2D eigenvalue weighted by Crippen LogP contribution is 2.15. The molecule has 2 aromatic carbocycles. The monoisotopic (exact) mass is 353 g/mol. The third kappa shape index (κ3) is 6.19.